The number of fused-ring (bicyclic) bond motifs is 1. The van der Waals surface area contributed by atoms with E-state index in [4.69, 9.17) is 5.11 Å². The Balaban J connectivity index is 0.000000509. The van der Waals surface area contributed by atoms with Gasteiger partial charge < -0.3 is 20.2 Å². The van der Waals surface area contributed by atoms with Crippen LogP contribution < -0.4 is 5.32 Å². The Labute approximate surface area is 193 Å². The van der Waals surface area contributed by atoms with Crippen molar-refractivity contribution >= 4 is 12.0 Å². The lowest BCUT2D eigenvalue weighted by Gasteiger charge is -2.24. The van der Waals surface area contributed by atoms with Gasteiger partial charge in [-0.25, -0.2) is 4.79 Å². The summed E-state index contributed by atoms with van der Waals surface area (Å²) in [5, 5.41) is 11.8. The molecule has 2 N–H and O–H groups in total. The molecule has 3 atom stereocenters. The van der Waals surface area contributed by atoms with E-state index in [1.165, 1.54) is 32.1 Å². The lowest BCUT2D eigenvalue weighted by atomic mass is 10.0. The number of amides is 2. The summed E-state index contributed by atoms with van der Waals surface area (Å²) in [7, 11) is 0. The first kappa shape index (κ1) is 24.6. The van der Waals surface area contributed by atoms with Crippen LogP contribution in [0.4, 0.5) is 4.79 Å². The summed E-state index contributed by atoms with van der Waals surface area (Å²) in [6.07, 6.45) is 7.91. The van der Waals surface area contributed by atoms with Crippen molar-refractivity contribution in [2.45, 2.75) is 64.8 Å². The van der Waals surface area contributed by atoms with Gasteiger partial charge in [0, 0.05) is 39.1 Å². The third-order valence-corrected chi connectivity index (χ3v) is 6.98. The molecule has 3 aliphatic rings. The molecule has 32 heavy (non-hydrogen) atoms. The number of nitrogens with one attached hydrogen (secondary N) is 1. The highest BCUT2D eigenvalue weighted by molar-refractivity contribution is 5.76. The Kier molecular flexibility index (Phi) is 9.39. The molecule has 0 radical (unpaired) electrons. The molecule has 178 valence electrons. The minimum absolute atomic E-state index is 0.187. The monoisotopic (exact) mass is 443 g/mol. The summed E-state index contributed by atoms with van der Waals surface area (Å²) >= 11 is 0. The number of hydrogen-bond acceptors (Lipinski definition) is 3. The molecule has 0 bridgehead atoms. The van der Waals surface area contributed by atoms with Crippen molar-refractivity contribution < 1.29 is 14.7 Å². The van der Waals surface area contributed by atoms with Gasteiger partial charge in [0.2, 0.25) is 5.91 Å². The molecule has 0 aromatic heterocycles. The molecule has 2 unspecified atom stereocenters. The maximum Gasteiger partial charge on any atom is 0.405 e. The minimum Gasteiger partial charge on any atom is -0.465 e. The Morgan fingerprint density at radius 1 is 0.969 bits per heavy atom. The Hall–Kier alpha value is -2.08. The van der Waals surface area contributed by atoms with Crippen molar-refractivity contribution in [3.63, 3.8) is 0 Å². The average Bonchev–Trinajstić information content (AvgIpc) is 3.49. The topological polar surface area (TPSA) is 72.9 Å². The van der Waals surface area contributed by atoms with Gasteiger partial charge in [-0.15, -0.1) is 0 Å². The maximum absolute atomic E-state index is 12.3. The second kappa shape index (κ2) is 12.2. The fourth-order valence-corrected chi connectivity index (χ4v) is 5.31. The molecule has 3 fully saturated rings. The first-order valence-electron chi connectivity index (χ1n) is 12.5. The molecular formula is C26H41N3O3. The first-order valence-corrected chi connectivity index (χ1v) is 12.5. The van der Waals surface area contributed by atoms with Crippen molar-refractivity contribution in [3.05, 3.63) is 35.9 Å². The van der Waals surface area contributed by atoms with Crippen LogP contribution in [0.5, 0.6) is 0 Å². The Morgan fingerprint density at radius 2 is 1.53 bits per heavy atom. The molecule has 2 heterocycles. The van der Waals surface area contributed by atoms with E-state index in [9.17, 15) is 9.59 Å². The molecule has 6 nitrogen and oxygen atoms in total. The van der Waals surface area contributed by atoms with Gasteiger partial charge in [-0.1, -0.05) is 76.3 Å². The van der Waals surface area contributed by atoms with Gasteiger partial charge in [-0.05, 0) is 29.7 Å². The number of carbonyl (C=O) groups is 2. The maximum atomic E-state index is 12.3. The van der Waals surface area contributed by atoms with Crippen LogP contribution in [0.3, 0.4) is 0 Å². The van der Waals surface area contributed by atoms with Gasteiger partial charge in [0.25, 0.3) is 0 Å². The molecule has 1 aromatic carbocycles. The predicted octanol–water partition coefficient (Wildman–Crippen LogP) is 4.77. The fourth-order valence-electron chi connectivity index (χ4n) is 5.31. The van der Waals surface area contributed by atoms with Crippen molar-refractivity contribution in [3.8, 4) is 0 Å². The second-order valence-corrected chi connectivity index (χ2v) is 10.1. The van der Waals surface area contributed by atoms with Crippen LogP contribution in [0.2, 0.25) is 0 Å². The number of carboxylic acid groups (broad SMARTS) is 1. The van der Waals surface area contributed by atoms with Crippen LogP contribution in [0.25, 0.3) is 0 Å². The zero-order chi connectivity index (χ0) is 22.9. The molecule has 6 heteroatoms. The quantitative estimate of drug-likeness (QED) is 0.637. The van der Waals surface area contributed by atoms with E-state index in [1.54, 1.807) is 0 Å². The normalized spacial score (nSPS) is 23.5. The molecule has 1 aromatic rings. The Bertz CT molecular complexity index is 699. The van der Waals surface area contributed by atoms with E-state index in [-0.39, 0.29) is 6.04 Å². The van der Waals surface area contributed by atoms with Crippen LogP contribution in [-0.4, -0.2) is 59.6 Å². The van der Waals surface area contributed by atoms with E-state index in [0.29, 0.717) is 30.1 Å². The molecule has 1 aliphatic carbocycles. The number of benzene rings is 1. The highest BCUT2D eigenvalue weighted by Gasteiger charge is 2.41. The highest BCUT2D eigenvalue weighted by atomic mass is 16.4. The number of hydrogen-bond donors (Lipinski definition) is 2. The average molecular weight is 444 g/mol. The van der Waals surface area contributed by atoms with Crippen LogP contribution in [0.1, 0.15) is 70.4 Å². The van der Waals surface area contributed by atoms with Crippen molar-refractivity contribution in [1.82, 2.24) is 15.1 Å². The zero-order valence-corrected chi connectivity index (χ0v) is 19.8. The number of carbonyl (C=O) groups excluding carboxylic acids is 1. The summed E-state index contributed by atoms with van der Waals surface area (Å²) in [6.45, 7) is 8.81. The molecule has 0 spiro atoms. The summed E-state index contributed by atoms with van der Waals surface area (Å²) in [6, 6.07) is 9.57. The van der Waals surface area contributed by atoms with Gasteiger partial charge in [0.05, 0.1) is 6.04 Å². The summed E-state index contributed by atoms with van der Waals surface area (Å²) in [4.78, 5) is 27.9. The van der Waals surface area contributed by atoms with Gasteiger partial charge in [0.1, 0.15) is 0 Å². The molecular weight excluding hydrogens is 402 g/mol. The molecule has 2 amide bonds. The third-order valence-electron chi connectivity index (χ3n) is 6.98. The van der Waals surface area contributed by atoms with E-state index in [2.05, 4.69) is 24.1 Å². The standard InChI is InChI=1S/C21H31N3O3.C5H10/c1-15(2)10-20(25)24-13-17-11-23(12-18(17)14-24)9-8-19(22-21(26)27)16-6-4-3-5-7-16;1-2-4-5-3-1/h3-7,15,17-19,22H,8-14H2,1-2H3,(H,26,27);1-5H2/t17-,18?,19?;/m0./s1. The van der Waals surface area contributed by atoms with Gasteiger partial charge in [0.15, 0.2) is 0 Å². The van der Waals surface area contributed by atoms with E-state index < -0.39 is 6.09 Å². The van der Waals surface area contributed by atoms with Crippen LogP contribution in [-0.2, 0) is 4.79 Å². The summed E-state index contributed by atoms with van der Waals surface area (Å²) < 4.78 is 0. The lowest BCUT2D eigenvalue weighted by molar-refractivity contribution is -0.131. The number of nitrogens with zero attached hydrogens (tertiary/aromatic N) is 2. The SMILES string of the molecule is C1CCCC1.CC(C)CC(=O)N1CC2CN(CCC(NC(=O)O)c3ccccc3)C[C@H]2C1. The smallest absolute Gasteiger partial charge is 0.405 e. The zero-order valence-electron chi connectivity index (χ0n) is 19.8. The van der Waals surface area contributed by atoms with Crippen molar-refractivity contribution in [2.75, 3.05) is 32.7 Å². The first-order chi connectivity index (χ1) is 15.4. The van der Waals surface area contributed by atoms with Crippen molar-refractivity contribution in [1.29, 1.82) is 0 Å². The van der Waals surface area contributed by atoms with Gasteiger partial charge in [-0.3, -0.25) is 4.79 Å². The summed E-state index contributed by atoms with van der Waals surface area (Å²) in [5.74, 6) is 1.82. The number of rotatable bonds is 7. The van der Waals surface area contributed by atoms with E-state index in [0.717, 1.165) is 44.7 Å². The molecule has 4 rings (SSSR count). The minimum atomic E-state index is -0.985. The van der Waals surface area contributed by atoms with Crippen molar-refractivity contribution in [2.24, 2.45) is 17.8 Å². The van der Waals surface area contributed by atoms with E-state index in [1.807, 2.05) is 35.2 Å². The molecule has 2 saturated heterocycles. The molecule has 2 aliphatic heterocycles. The van der Waals surface area contributed by atoms with Crippen LogP contribution in [0.15, 0.2) is 30.3 Å². The predicted molar refractivity (Wildman–Crippen MR) is 128 cm³/mol. The van der Waals surface area contributed by atoms with Gasteiger partial charge >= 0.3 is 6.09 Å². The third kappa shape index (κ3) is 7.51. The highest BCUT2D eigenvalue weighted by Crippen LogP contribution is 2.32. The Morgan fingerprint density at radius 3 is 2.03 bits per heavy atom. The lowest BCUT2D eigenvalue weighted by Crippen LogP contribution is -2.35. The molecule has 1 saturated carbocycles. The van der Waals surface area contributed by atoms with Gasteiger partial charge in [-0.2, -0.15) is 0 Å². The van der Waals surface area contributed by atoms with Crippen LogP contribution >= 0.6 is 0 Å². The fraction of sp³-hybridized carbons (Fsp3) is 0.692. The second-order valence-electron chi connectivity index (χ2n) is 10.1. The van der Waals surface area contributed by atoms with Crippen LogP contribution in [0, 0.1) is 17.8 Å². The van der Waals surface area contributed by atoms with E-state index >= 15 is 0 Å². The largest absolute Gasteiger partial charge is 0.465 e. The number of likely N-dealkylation sites (tertiary alicyclic amines) is 2. The summed E-state index contributed by atoms with van der Waals surface area (Å²) in [5.41, 5.74) is 1.00.